The van der Waals surface area contributed by atoms with Gasteiger partial charge in [0, 0.05) is 24.1 Å². The Kier molecular flexibility index (Phi) is 5.71. The maximum absolute atomic E-state index is 12.9. The highest BCUT2D eigenvalue weighted by atomic mass is 16.4. The number of carboxylic acid groups (broad SMARTS) is 1. The molecule has 1 saturated carbocycles. The number of ketones is 1. The minimum absolute atomic E-state index is 0.0925. The van der Waals surface area contributed by atoms with E-state index in [1.807, 2.05) is 24.3 Å². The SMILES string of the molecule is NN=Cc1ccccc1C(=O)C1CCC2(CCC(CC(=O)O)CC2)CN1. The van der Waals surface area contributed by atoms with Crippen LogP contribution in [0.25, 0.3) is 0 Å². The average Bonchev–Trinajstić information content (AvgIpc) is 2.64. The van der Waals surface area contributed by atoms with Gasteiger partial charge in [0.1, 0.15) is 0 Å². The first kappa shape index (κ1) is 18.6. The first-order valence-electron chi connectivity index (χ1n) is 9.35. The number of carbonyl (C=O) groups excluding carboxylic acids is 1. The van der Waals surface area contributed by atoms with Crippen molar-refractivity contribution in [1.29, 1.82) is 0 Å². The van der Waals surface area contributed by atoms with Gasteiger partial charge in [-0.2, -0.15) is 5.10 Å². The molecule has 140 valence electrons. The normalized spacial score (nSPS) is 29.1. The first-order chi connectivity index (χ1) is 12.5. The molecule has 0 bridgehead atoms. The molecule has 4 N–H and O–H groups in total. The third-order valence-corrected chi connectivity index (χ3v) is 6.07. The molecule has 0 radical (unpaired) electrons. The van der Waals surface area contributed by atoms with Crippen molar-refractivity contribution in [3.8, 4) is 0 Å². The predicted octanol–water partition coefficient (Wildman–Crippen LogP) is 2.57. The molecule has 1 aromatic carbocycles. The van der Waals surface area contributed by atoms with Crippen LogP contribution in [0.4, 0.5) is 0 Å². The van der Waals surface area contributed by atoms with Gasteiger partial charge in [0.15, 0.2) is 5.78 Å². The van der Waals surface area contributed by atoms with Crippen molar-refractivity contribution < 1.29 is 14.7 Å². The van der Waals surface area contributed by atoms with Gasteiger partial charge in [-0.1, -0.05) is 24.3 Å². The Balaban J connectivity index is 1.59. The van der Waals surface area contributed by atoms with E-state index in [2.05, 4.69) is 10.4 Å². The molecule has 26 heavy (non-hydrogen) atoms. The summed E-state index contributed by atoms with van der Waals surface area (Å²) in [5, 5.41) is 16.0. The van der Waals surface area contributed by atoms with Crippen LogP contribution < -0.4 is 11.2 Å². The number of benzene rings is 1. The Labute approximate surface area is 153 Å². The molecule has 3 rings (SSSR count). The molecule has 0 aromatic heterocycles. The molecule has 2 fully saturated rings. The highest BCUT2D eigenvalue weighted by Crippen LogP contribution is 2.45. The van der Waals surface area contributed by atoms with Gasteiger partial charge in [-0.15, -0.1) is 0 Å². The lowest BCUT2D eigenvalue weighted by atomic mass is 9.65. The number of hydrazone groups is 1. The van der Waals surface area contributed by atoms with Crippen LogP contribution in [0.3, 0.4) is 0 Å². The predicted molar refractivity (Wildman–Crippen MR) is 100 cm³/mol. The van der Waals surface area contributed by atoms with E-state index in [-0.39, 0.29) is 23.7 Å². The summed E-state index contributed by atoms with van der Waals surface area (Å²) in [6, 6.07) is 7.21. The fourth-order valence-corrected chi connectivity index (χ4v) is 4.47. The van der Waals surface area contributed by atoms with Crippen molar-refractivity contribution in [1.82, 2.24) is 5.32 Å². The summed E-state index contributed by atoms with van der Waals surface area (Å²) >= 11 is 0. The number of piperidine rings is 1. The summed E-state index contributed by atoms with van der Waals surface area (Å²) in [5.41, 5.74) is 1.63. The van der Waals surface area contributed by atoms with Crippen LogP contribution in [0.2, 0.25) is 0 Å². The minimum Gasteiger partial charge on any atom is -0.481 e. The topological polar surface area (TPSA) is 105 Å². The number of nitrogens with zero attached hydrogens (tertiary/aromatic N) is 1. The molecule has 2 aliphatic rings. The van der Waals surface area contributed by atoms with Crippen LogP contribution in [0, 0.1) is 11.3 Å². The third-order valence-electron chi connectivity index (χ3n) is 6.07. The molecule has 1 aliphatic carbocycles. The molecule has 1 aliphatic heterocycles. The van der Waals surface area contributed by atoms with Crippen LogP contribution in [-0.2, 0) is 4.79 Å². The highest BCUT2D eigenvalue weighted by Gasteiger charge is 2.40. The molecular formula is C20H27N3O3. The van der Waals surface area contributed by atoms with Gasteiger partial charge in [-0.25, -0.2) is 0 Å². The zero-order chi connectivity index (χ0) is 18.6. The van der Waals surface area contributed by atoms with Gasteiger partial charge in [0.2, 0.25) is 0 Å². The van der Waals surface area contributed by atoms with Gasteiger partial charge in [-0.05, 0) is 49.9 Å². The van der Waals surface area contributed by atoms with E-state index in [0.29, 0.717) is 11.5 Å². The van der Waals surface area contributed by atoms with E-state index < -0.39 is 5.97 Å². The number of carbonyl (C=O) groups is 2. The summed E-state index contributed by atoms with van der Waals surface area (Å²) < 4.78 is 0. The van der Waals surface area contributed by atoms with Crippen molar-refractivity contribution in [2.75, 3.05) is 6.54 Å². The molecule has 1 saturated heterocycles. The number of hydrogen-bond donors (Lipinski definition) is 3. The van der Waals surface area contributed by atoms with E-state index in [1.54, 1.807) is 0 Å². The smallest absolute Gasteiger partial charge is 0.303 e. The van der Waals surface area contributed by atoms with Crippen molar-refractivity contribution >= 4 is 18.0 Å². The Hall–Kier alpha value is -2.21. The monoisotopic (exact) mass is 357 g/mol. The number of rotatable bonds is 5. The lowest BCUT2D eigenvalue weighted by Crippen LogP contribution is -2.50. The van der Waals surface area contributed by atoms with E-state index >= 15 is 0 Å². The molecule has 1 spiro atoms. The molecule has 1 aromatic rings. The molecule has 6 nitrogen and oxygen atoms in total. The maximum Gasteiger partial charge on any atom is 0.303 e. The molecule has 6 heteroatoms. The van der Waals surface area contributed by atoms with E-state index in [1.165, 1.54) is 6.21 Å². The van der Waals surface area contributed by atoms with Crippen molar-refractivity contribution in [2.45, 2.75) is 51.0 Å². The molecule has 1 atom stereocenters. The number of nitrogens with one attached hydrogen (secondary N) is 1. The van der Waals surface area contributed by atoms with E-state index in [9.17, 15) is 9.59 Å². The van der Waals surface area contributed by atoms with Gasteiger partial charge in [-0.3, -0.25) is 9.59 Å². The second-order valence-electron chi connectivity index (χ2n) is 7.74. The fourth-order valence-electron chi connectivity index (χ4n) is 4.47. The number of Topliss-reactive ketones (excluding diaryl/α,β-unsaturated/α-hetero) is 1. The summed E-state index contributed by atoms with van der Waals surface area (Å²) in [4.78, 5) is 23.8. The second kappa shape index (κ2) is 7.99. The average molecular weight is 357 g/mol. The second-order valence-corrected chi connectivity index (χ2v) is 7.74. The summed E-state index contributed by atoms with van der Waals surface area (Å²) in [7, 11) is 0. The molecule has 1 heterocycles. The van der Waals surface area contributed by atoms with Crippen molar-refractivity contribution in [3.05, 3.63) is 35.4 Å². The zero-order valence-electron chi connectivity index (χ0n) is 15.0. The largest absolute Gasteiger partial charge is 0.481 e. The summed E-state index contributed by atoms with van der Waals surface area (Å²) in [6.45, 7) is 0.830. The van der Waals surface area contributed by atoms with Crippen molar-refractivity contribution in [3.63, 3.8) is 0 Å². The summed E-state index contributed by atoms with van der Waals surface area (Å²) in [5.74, 6) is 4.95. The fraction of sp³-hybridized carbons (Fsp3) is 0.550. The summed E-state index contributed by atoms with van der Waals surface area (Å²) in [6.07, 6.45) is 7.68. The highest BCUT2D eigenvalue weighted by molar-refractivity contribution is 6.06. The van der Waals surface area contributed by atoms with Gasteiger partial charge < -0.3 is 16.3 Å². The number of carboxylic acids is 1. The standard InChI is InChI=1S/C20H27N3O3/c21-23-12-15-3-1-2-4-16(15)19(26)17-7-10-20(13-22-17)8-5-14(6-9-20)11-18(24)25/h1-4,12,14,17,22H,5-11,13,21H2,(H,24,25). The zero-order valence-corrected chi connectivity index (χ0v) is 15.0. The third kappa shape index (κ3) is 4.12. The quantitative estimate of drug-likeness (QED) is 0.325. The Bertz CT molecular complexity index is 683. The van der Waals surface area contributed by atoms with Crippen LogP contribution in [-0.4, -0.2) is 35.7 Å². The Morgan fingerprint density at radius 1 is 1.23 bits per heavy atom. The van der Waals surface area contributed by atoms with Crippen molar-refractivity contribution in [2.24, 2.45) is 22.3 Å². The van der Waals surface area contributed by atoms with Crippen LogP contribution in [0.15, 0.2) is 29.4 Å². The first-order valence-corrected chi connectivity index (χ1v) is 9.35. The molecule has 0 amide bonds. The van der Waals surface area contributed by atoms with Gasteiger partial charge >= 0.3 is 5.97 Å². The lowest BCUT2D eigenvalue weighted by Gasteiger charge is -2.45. The number of hydrogen-bond acceptors (Lipinski definition) is 5. The van der Waals surface area contributed by atoms with Gasteiger partial charge in [0.05, 0.1) is 12.3 Å². The van der Waals surface area contributed by atoms with Crippen LogP contribution in [0.5, 0.6) is 0 Å². The van der Waals surface area contributed by atoms with Crippen LogP contribution >= 0.6 is 0 Å². The number of nitrogens with two attached hydrogens (primary N) is 1. The molecular weight excluding hydrogens is 330 g/mol. The molecule has 1 unspecified atom stereocenters. The lowest BCUT2D eigenvalue weighted by molar-refractivity contribution is -0.138. The number of aliphatic carboxylic acids is 1. The Morgan fingerprint density at radius 3 is 2.54 bits per heavy atom. The van der Waals surface area contributed by atoms with E-state index in [4.69, 9.17) is 10.9 Å². The minimum atomic E-state index is -0.696. The van der Waals surface area contributed by atoms with Crippen LogP contribution in [0.1, 0.15) is 60.9 Å². The van der Waals surface area contributed by atoms with Gasteiger partial charge in [0.25, 0.3) is 0 Å². The Morgan fingerprint density at radius 2 is 1.92 bits per heavy atom. The van der Waals surface area contributed by atoms with E-state index in [0.717, 1.165) is 50.6 Å². The maximum atomic E-state index is 12.9.